The summed E-state index contributed by atoms with van der Waals surface area (Å²) in [5.41, 5.74) is 5.43. The fourth-order valence-electron chi connectivity index (χ4n) is 3.44. The Balaban J connectivity index is 1.65. The summed E-state index contributed by atoms with van der Waals surface area (Å²) >= 11 is 0. The van der Waals surface area contributed by atoms with Crippen LogP contribution in [0, 0.1) is 0 Å². The molecule has 0 saturated heterocycles. The molecule has 1 aliphatic carbocycles. The van der Waals surface area contributed by atoms with Crippen molar-refractivity contribution in [3.63, 3.8) is 0 Å². The number of benzene rings is 1. The highest BCUT2D eigenvalue weighted by Gasteiger charge is 2.21. The maximum Gasteiger partial charge on any atom is 0.223 e. The molecule has 0 bridgehead atoms. The monoisotopic (exact) mass is 309 g/mol. The normalized spacial score (nSPS) is 14.0. The molecule has 1 aliphatic rings. The first kappa shape index (κ1) is 16.0. The van der Waals surface area contributed by atoms with Crippen molar-refractivity contribution in [3.05, 3.63) is 52.8 Å². The van der Waals surface area contributed by atoms with Crippen molar-refractivity contribution in [2.75, 3.05) is 5.32 Å². The minimum atomic E-state index is 0.419. The number of rotatable bonds is 7. The molecule has 0 radical (unpaired) electrons. The minimum Gasteiger partial charge on any atom is -0.351 e. The van der Waals surface area contributed by atoms with Crippen molar-refractivity contribution in [2.24, 2.45) is 0 Å². The van der Waals surface area contributed by atoms with Crippen LogP contribution in [0.4, 0.5) is 5.95 Å². The molecule has 1 heterocycles. The summed E-state index contributed by atoms with van der Waals surface area (Å²) in [5, 5.41) is 3.53. The van der Waals surface area contributed by atoms with E-state index in [1.807, 2.05) is 6.20 Å². The number of unbranched alkanes of at least 4 members (excludes halogenated alkanes) is 2. The second-order valence-corrected chi connectivity index (χ2v) is 6.49. The predicted molar refractivity (Wildman–Crippen MR) is 95.9 cm³/mol. The van der Waals surface area contributed by atoms with Gasteiger partial charge >= 0.3 is 0 Å². The standard InChI is InChI=1S/C20H27N3/c1-3-5-6-11-17-14-21-20(23-19(17)4-2)22-18-12-15-9-7-8-10-16(15)13-18/h7-10,14,18H,3-6,11-13H2,1-2H3,(H,21,22,23). The van der Waals surface area contributed by atoms with Gasteiger partial charge in [0.05, 0.1) is 0 Å². The molecule has 2 aromatic rings. The average molecular weight is 309 g/mol. The van der Waals surface area contributed by atoms with E-state index in [1.165, 1.54) is 41.6 Å². The molecule has 1 aromatic heterocycles. The van der Waals surface area contributed by atoms with Crippen LogP contribution in [0.25, 0.3) is 0 Å². The van der Waals surface area contributed by atoms with E-state index >= 15 is 0 Å². The van der Waals surface area contributed by atoms with Crippen LogP contribution >= 0.6 is 0 Å². The average Bonchev–Trinajstić information content (AvgIpc) is 2.98. The van der Waals surface area contributed by atoms with Crippen LogP contribution in [0.2, 0.25) is 0 Å². The second kappa shape index (κ2) is 7.58. The van der Waals surface area contributed by atoms with Gasteiger partial charge in [-0.2, -0.15) is 0 Å². The van der Waals surface area contributed by atoms with Crippen LogP contribution in [0.5, 0.6) is 0 Å². The number of hydrogen-bond donors (Lipinski definition) is 1. The molecule has 0 unspecified atom stereocenters. The molecule has 0 amide bonds. The van der Waals surface area contributed by atoms with E-state index in [4.69, 9.17) is 4.98 Å². The van der Waals surface area contributed by atoms with E-state index in [9.17, 15) is 0 Å². The molecular formula is C20H27N3. The van der Waals surface area contributed by atoms with Gasteiger partial charge in [-0.05, 0) is 48.8 Å². The molecule has 1 N–H and O–H groups in total. The second-order valence-electron chi connectivity index (χ2n) is 6.49. The van der Waals surface area contributed by atoms with Crippen molar-refractivity contribution < 1.29 is 0 Å². The minimum absolute atomic E-state index is 0.419. The third-order valence-corrected chi connectivity index (χ3v) is 4.72. The number of anilines is 1. The van der Waals surface area contributed by atoms with Crippen LogP contribution in [0.15, 0.2) is 30.5 Å². The smallest absolute Gasteiger partial charge is 0.223 e. The van der Waals surface area contributed by atoms with E-state index in [0.29, 0.717) is 6.04 Å². The Hall–Kier alpha value is -1.90. The maximum atomic E-state index is 4.77. The molecule has 0 atom stereocenters. The van der Waals surface area contributed by atoms with Gasteiger partial charge in [0.25, 0.3) is 0 Å². The van der Waals surface area contributed by atoms with Crippen LogP contribution in [0.3, 0.4) is 0 Å². The van der Waals surface area contributed by atoms with Crippen molar-refractivity contribution >= 4 is 5.95 Å². The summed E-state index contributed by atoms with van der Waals surface area (Å²) in [6.07, 6.45) is 10.0. The van der Waals surface area contributed by atoms with Gasteiger partial charge in [0.1, 0.15) is 0 Å². The molecule has 0 aliphatic heterocycles. The number of aryl methyl sites for hydroxylation is 2. The molecule has 0 spiro atoms. The van der Waals surface area contributed by atoms with Gasteiger partial charge in [0.15, 0.2) is 0 Å². The van der Waals surface area contributed by atoms with Crippen LogP contribution < -0.4 is 5.32 Å². The predicted octanol–water partition coefficient (Wildman–Crippen LogP) is 4.35. The highest BCUT2D eigenvalue weighted by atomic mass is 15.1. The van der Waals surface area contributed by atoms with Crippen LogP contribution in [-0.2, 0) is 25.7 Å². The zero-order valence-electron chi connectivity index (χ0n) is 14.3. The molecule has 0 fully saturated rings. The third kappa shape index (κ3) is 3.90. The molecule has 23 heavy (non-hydrogen) atoms. The van der Waals surface area contributed by atoms with Gasteiger partial charge in [0, 0.05) is 17.9 Å². The molecule has 3 heteroatoms. The van der Waals surface area contributed by atoms with Crippen LogP contribution in [0.1, 0.15) is 55.5 Å². The zero-order valence-corrected chi connectivity index (χ0v) is 14.3. The number of fused-ring (bicyclic) bond motifs is 1. The summed E-state index contributed by atoms with van der Waals surface area (Å²) in [4.78, 5) is 9.34. The van der Waals surface area contributed by atoms with Gasteiger partial charge in [-0.15, -0.1) is 0 Å². The first-order chi connectivity index (χ1) is 11.3. The van der Waals surface area contributed by atoms with Crippen molar-refractivity contribution in [1.82, 2.24) is 9.97 Å². The van der Waals surface area contributed by atoms with E-state index in [0.717, 1.165) is 31.6 Å². The Morgan fingerprint density at radius 1 is 1.09 bits per heavy atom. The van der Waals surface area contributed by atoms with E-state index in [1.54, 1.807) is 0 Å². The summed E-state index contributed by atoms with van der Waals surface area (Å²) in [6.45, 7) is 4.42. The Morgan fingerprint density at radius 3 is 2.48 bits per heavy atom. The van der Waals surface area contributed by atoms with Crippen molar-refractivity contribution in [2.45, 2.75) is 64.8 Å². The summed E-state index contributed by atoms with van der Waals surface area (Å²) < 4.78 is 0. The van der Waals surface area contributed by atoms with E-state index in [-0.39, 0.29) is 0 Å². The number of nitrogens with one attached hydrogen (secondary N) is 1. The summed E-state index contributed by atoms with van der Waals surface area (Å²) in [6, 6.07) is 9.12. The Kier molecular flexibility index (Phi) is 5.27. The lowest BCUT2D eigenvalue weighted by Gasteiger charge is -2.14. The first-order valence-corrected chi connectivity index (χ1v) is 8.98. The van der Waals surface area contributed by atoms with E-state index in [2.05, 4.69) is 48.4 Å². The highest BCUT2D eigenvalue weighted by Crippen LogP contribution is 2.24. The maximum absolute atomic E-state index is 4.77. The summed E-state index contributed by atoms with van der Waals surface area (Å²) in [5.74, 6) is 0.791. The Bertz CT molecular complexity index is 626. The number of nitrogens with zero attached hydrogens (tertiary/aromatic N) is 2. The largest absolute Gasteiger partial charge is 0.351 e. The highest BCUT2D eigenvalue weighted by molar-refractivity contribution is 5.39. The third-order valence-electron chi connectivity index (χ3n) is 4.72. The lowest BCUT2D eigenvalue weighted by molar-refractivity contribution is 0.705. The van der Waals surface area contributed by atoms with Crippen LogP contribution in [-0.4, -0.2) is 16.0 Å². The molecule has 122 valence electrons. The summed E-state index contributed by atoms with van der Waals surface area (Å²) in [7, 11) is 0. The fraction of sp³-hybridized carbons (Fsp3) is 0.500. The zero-order chi connectivity index (χ0) is 16.1. The van der Waals surface area contributed by atoms with Gasteiger partial charge < -0.3 is 5.32 Å². The molecule has 0 saturated carbocycles. The van der Waals surface area contributed by atoms with Gasteiger partial charge in [0.2, 0.25) is 5.95 Å². The fourth-order valence-corrected chi connectivity index (χ4v) is 3.44. The lowest BCUT2D eigenvalue weighted by Crippen LogP contribution is -2.21. The lowest BCUT2D eigenvalue weighted by atomic mass is 10.1. The Morgan fingerprint density at radius 2 is 1.83 bits per heavy atom. The molecule has 3 nitrogen and oxygen atoms in total. The molecular weight excluding hydrogens is 282 g/mol. The quantitative estimate of drug-likeness (QED) is 0.773. The van der Waals surface area contributed by atoms with Gasteiger partial charge in [-0.25, -0.2) is 9.97 Å². The van der Waals surface area contributed by atoms with Gasteiger partial charge in [-0.3, -0.25) is 0 Å². The molecule has 1 aromatic carbocycles. The van der Waals surface area contributed by atoms with Gasteiger partial charge in [-0.1, -0.05) is 51.0 Å². The van der Waals surface area contributed by atoms with E-state index < -0.39 is 0 Å². The first-order valence-electron chi connectivity index (χ1n) is 8.98. The topological polar surface area (TPSA) is 37.8 Å². The van der Waals surface area contributed by atoms with Crippen molar-refractivity contribution in [3.8, 4) is 0 Å². The Labute approximate surface area is 139 Å². The van der Waals surface area contributed by atoms with Crippen molar-refractivity contribution in [1.29, 1.82) is 0 Å². The molecule has 3 rings (SSSR count). The SMILES string of the molecule is CCCCCc1cnc(NC2Cc3ccccc3C2)nc1CC. The number of hydrogen-bond acceptors (Lipinski definition) is 3. The number of aromatic nitrogens is 2.